The normalized spacial score (nSPS) is 34.0. The van der Waals surface area contributed by atoms with Crippen LogP contribution in [-0.2, 0) is 9.59 Å². The van der Waals surface area contributed by atoms with E-state index in [1.165, 1.54) is 25.7 Å². The fraction of sp³-hybridized carbons (Fsp3) is 0.882. The molecule has 0 aromatic carbocycles. The number of hydrogen-bond donors (Lipinski definition) is 0. The molecule has 0 aromatic heterocycles. The zero-order valence-corrected chi connectivity index (χ0v) is 13.2. The van der Waals surface area contributed by atoms with Crippen LogP contribution < -0.4 is 0 Å². The lowest BCUT2D eigenvalue weighted by Gasteiger charge is -2.29. The van der Waals surface area contributed by atoms with Gasteiger partial charge in [-0.25, -0.2) is 0 Å². The van der Waals surface area contributed by atoms with Crippen molar-refractivity contribution in [2.75, 3.05) is 19.6 Å². The third-order valence-corrected chi connectivity index (χ3v) is 5.71. The van der Waals surface area contributed by atoms with Gasteiger partial charge in [0.15, 0.2) is 0 Å². The minimum atomic E-state index is -0.147. The Morgan fingerprint density at radius 2 is 1.81 bits per heavy atom. The van der Waals surface area contributed by atoms with E-state index in [-0.39, 0.29) is 17.9 Å². The summed E-state index contributed by atoms with van der Waals surface area (Å²) in [6, 6.07) is -0.147. The van der Waals surface area contributed by atoms with Crippen LogP contribution in [0.15, 0.2) is 0 Å². The molecule has 2 amide bonds. The molecule has 3 fully saturated rings. The molecule has 1 saturated carbocycles. The zero-order chi connectivity index (χ0) is 14.8. The minimum Gasteiger partial charge on any atom is -0.340 e. The molecular formula is C17H28N2O2. The van der Waals surface area contributed by atoms with Crippen LogP contribution in [0.5, 0.6) is 0 Å². The molecule has 0 aromatic rings. The predicted molar refractivity (Wildman–Crippen MR) is 81.7 cm³/mol. The minimum absolute atomic E-state index is 0.147. The van der Waals surface area contributed by atoms with E-state index in [0.717, 1.165) is 44.2 Å². The van der Waals surface area contributed by atoms with Gasteiger partial charge < -0.3 is 9.80 Å². The van der Waals surface area contributed by atoms with Crippen LogP contribution in [0.4, 0.5) is 0 Å². The number of nitrogens with zero attached hydrogens (tertiary/aromatic N) is 2. The second kappa shape index (κ2) is 6.37. The van der Waals surface area contributed by atoms with Gasteiger partial charge in [-0.1, -0.05) is 32.6 Å². The van der Waals surface area contributed by atoms with Crippen molar-refractivity contribution in [3.05, 3.63) is 0 Å². The van der Waals surface area contributed by atoms with Crippen molar-refractivity contribution >= 4 is 11.8 Å². The van der Waals surface area contributed by atoms with Crippen LogP contribution in [-0.4, -0.2) is 47.3 Å². The fourth-order valence-corrected chi connectivity index (χ4v) is 4.20. The Hall–Kier alpha value is -1.06. The van der Waals surface area contributed by atoms with Crippen molar-refractivity contribution in [1.82, 2.24) is 9.80 Å². The van der Waals surface area contributed by atoms with Crippen molar-refractivity contribution < 1.29 is 9.59 Å². The van der Waals surface area contributed by atoms with E-state index < -0.39 is 0 Å². The summed E-state index contributed by atoms with van der Waals surface area (Å²) in [6.07, 6.45) is 8.80. The Labute approximate surface area is 127 Å². The molecule has 2 heterocycles. The number of hydrogen-bond acceptors (Lipinski definition) is 2. The van der Waals surface area contributed by atoms with E-state index in [2.05, 4.69) is 6.92 Å². The van der Waals surface area contributed by atoms with Gasteiger partial charge in [0.2, 0.25) is 11.8 Å². The van der Waals surface area contributed by atoms with Crippen LogP contribution in [0.25, 0.3) is 0 Å². The lowest BCUT2D eigenvalue weighted by Crippen LogP contribution is -2.44. The summed E-state index contributed by atoms with van der Waals surface area (Å²) in [5.74, 6) is 2.06. The smallest absolute Gasteiger partial charge is 0.245 e. The van der Waals surface area contributed by atoms with Gasteiger partial charge in [0.1, 0.15) is 6.04 Å². The maximum atomic E-state index is 12.6. The summed E-state index contributed by atoms with van der Waals surface area (Å²) < 4.78 is 0. The fourth-order valence-electron chi connectivity index (χ4n) is 4.20. The van der Waals surface area contributed by atoms with Crippen LogP contribution in [0, 0.1) is 11.8 Å². The molecule has 2 saturated heterocycles. The lowest BCUT2D eigenvalue weighted by atomic mass is 9.81. The van der Waals surface area contributed by atoms with Crippen molar-refractivity contribution in [1.29, 1.82) is 0 Å². The molecule has 0 spiro atoms. The Morgan fingerprint density at radius 1 is 1.05 bits per heavy atom. The van der Waals surface area contributed by atoms with Gasteiger partial charge in [0, 0.05) is 26.1 Å². The van der Waals surface area contributed by atoms with E-state index in [1.807, 2.05) is 9.80 Å². The predicted octanol–water partition coefficient (Wildman–Crippen LogP) is 2.43. The quantitative estimate of drug-likeness (QED) is 0.801. The van der Waals surface area contributed by atoms with Crippen LogP contribution in [0.3, 0.4) is 0 Å². The van der Waals surface area contributed by atoms with Gasteiger partial charge >= 0.3 is 0 Å². The van der Waals surface area contributed by atoms with Gasteiger partial charge in [-0.3, -0.25) is 9.59 Å². The van der Waals surface area contributed by atoms with E-state index in [1.54, 1.807) is 0 Å². The molecule has 2 aliphatic heterocycles. The first-order valence-corrected chi connectivity index (χ1v) is 8.73. The van der Waals surface area contributed by atoms with E-state index in [9.17, 15) is 9.59 Å². The molecule has 1 unspecified atom stereocenters. The molecule has 0 N–H and O–H groups in total. The Kier molecular flexibility index (Phi) is 4.51. The van der Waals surface area contributed by atoms with Crippen LogP contribution >= 0.6 is 0 Å². The average Bonchev–Trinajstić information content (AvgIpc) is 2.94. The third kappa shape index (κ3) is 3.24. The van der Waals surface area contributed by atoms with Crippen LogP contribution in [0.1, 0.15) is 58.3 Å². The molecule has 1 atom stereocenters. The molecule has 4 heteroatoms. The summed E-state index contributed by atoms with van der Waals surface area (Å²) in [5.41, 5.74) is 0. The summed E-state index contributed by atoms with van der Waals surface area (Å²) in [5, 5.41) is 0. The second-order valence-electron chi connectivity index (χ2n) is 7.24. The highest BCUT2D eigenvalue weighted by molar-refractivity contribution is 5.90. The van der Waals surface area contributed by atoms with Crippen molar-refractivity contribution in [3.8, 4) is 0 Å². The van der Waals surface area contributed by atoms with Gasteiger partial charge in [-0.2, -0.15) is 0 Å². The molecule has 118 valence electrons. The molecule has 4 nitrogen and oxygen atoms in total. The number of fused-ring (bicyclic) bond motifs is 1. The Bertz CT molecular complexity index is 402. The molecule has 3 rings (SSSR count). The van der Waals surface area contributed by atoms with Crippen LogP contribution in [0.2, 0.25) is 0 Å². The molecule has 3 aliphatic rings. The summed E-state index contributed by atoms with van der Waals surface area (Å²) in [6.45, 7) is 4.61. The van der Waals surface area contributed by atoms with E-state index >= 15 is 0 Å². The number of rotatable bonds is 3. The highest BCUT2D eigenvalue weighted by Crippen LogP contribution is 2.31. The van der Waals surface area contributed by atoms with Gasteiger partial charge in [-0.05, 0) is 31.1 Å². The number of carbonyl (C=O) groups is 2. The van der Waals surface area contributed by atoms with E-state index in [0.29, 0.717) is 13.0 Å². The molecule has 21 heavy (non-hydrogen) atoms. The van der Waals surface area contributed by atoms with Gasteiger partial charge in [0.05, 0.1) is 0 Å². The Morgan fingerprint density at radius 3 is 2.57 bits per heavy atom. The Balaban J connectivity index is 1.55. The third-order valence-electron chi connectivity index (χ3n) is 5.71. The first-order chi connectivity index (χ1) is 10.1. The summed E-state index contributed by atoms with van der Waals surface area (Å²) in [7, 11) is 0. The topological polar surface area (TPSA) is 40.6 Å². The SMILES string of the molecule is CC1CCC(CCN2CCC(=O)N3CCCC3C2=O)CC1. The van der Waals surface area contributed by atoms with E-state index in [4.69, 9.17) is 0 Å². The van der Waals surface area contributed by atoms with Crippen molar-refractivity contribution in [2.24, 2.45) is 11.8 Å². The zero-order valence-electron chi connectivity index (χ0n) is 13.2. The number of amides is 2. The van der Waals surface area contributed by atoms with Gasteiger partial charge in [0.25, 0.3) is 0 Å². The second-order valence-corrected chi connectivity index (χ2v) is 7.24. The first-order valence-electron chi connectivity index (χ1n) is 8.73. The number of carbonyl (C=O) groups excluding carboxylic acids is 2. The van der Waals surface area contributed by atoms with Crippen molar-refractivity contribution in [2.45, 2.75) is 64.3 Å². The molecule has 0 radical (unpaired) electrons. The molecular weight excluding hydrogens is 264 g/mol. The maximum Gasteiger partial charge on any atom is 0.245 e. The van der Waals surface area contributed by atoms with Gasteiger partial charge in [-0.15, -0.1) is 0 Å². The monoisotopic (exact) mass is 292 g/mol. The summed E-state index contributed by atoms with van der Waals surface area (Å²) in [4.78, 5) is 28.5. The highest BCUT2D eigenvalue weighted by Gasteiger charge is 2.39. The maximum absolute atomic E-state index is 12.6. The molecule has 1 aliphatic carbocycles. The lowest BCUT2D eigenvalue weighted by molar-refractivity contribution is -0.139. The summed E-state index contributed by atoms with van der Waals surface area (Å²) >= 11 is 0. The first kappa shape index (κ1) is 14.9. The largest absolute Gasteiger partial charge is 0.340 e. The standard InChI is InChI=1S/C17H28N2O2/c1-13-4-6-14(7-5-13)8-11-18-12-9-16(20)19-10-2-3-15(19)17(18)21/h13-15H,2-12H2,1H3. The highest BCUT2D eigenvalue weighted by atomic mass is 16.2. The average molecular weight is 292 g/mol. The molecule has 0 bridgehead atoms. The van der Waals surface area contributed by atoms with Crippen molar-refractivity contribution in [3.63, 3.8) is 0 Å².